The van der Waals surface area contributed by atoms with Gasteiger partial charge in [0, 0.05) is 40.8 Å². The van der Waals surface area contributed by atoms with Crippen LogP contribution in [0, 0.1) is 40.8 Å². The third kappa shape index (κ3) is 4.36. The summed E-state index contributed by atoms with van der Waals surface area (Å²) in [5.74, 6) is -5.87. The van der Waals surface area contributed by atoms with Crippen LogP contribution in [-0.2, 0) is 14.4 Å². The van der Waals surface area contributed by atoms with Gasteiger partial charge in [0.15, 0.2) is 6.10 Å². The molecule has 0 rings (SSSR count). The zero-order valence-electron chi connectivity index (χ0n) is 7.25. The molecule has 5 N–H and O–H groups in total. The van der Waals surface area contributed by atoms with Crippen LogP contribution in [0.15, 0.2) is 0 Å². The maximum absolute atomic E-state index is 10.4. The van der Waals surface area contributed by atoms with Gasteiger partial charge in [-0.3, -0.25) is 4.79 Å². The van der Waals surface area contributed by atoms with Crippen LogP contribution in [-0.4, -0.2) is 55.1 Å². The van der Waals surface area contributed by atoms with Crippen molar-refractivity contribution in [2.75, 3.05) is 0 Å². The first-order valence-electron chi connectivity index (χ1n) is 3.30. The molecule has 0 fully saturated rings. The molecule has 8 nitrogen and oxygen atoms in total. The first-order chi connectivity index (χ1) is 6.21. The number of aliphatic hydroxyl groups is 2. The number of rotatable bonds is 5. The Morgan fingerprint density at radius 2 is 1.53 bits per heavy atom. The van der Waals surface area contributed by atoms with Gasteiger partial charge in [-0.2, -0.15) is 0 Å². The van der Waals surface area contributed by atoms with Crippen molar-refractivity contribution in [3.63, 3.8) is 0 Å². The molecule has 0 aromatic heterocycles. The standard InChI is InChI=1S/C6H8O8.Nd/c7-2(8)1-6(14,5(12)13)3(9)4(10)11;/h3,9,14H,1H2,(H,7,8)(H,10,11)(H,12,13);. The largest absolute Gasteiger partial charge is 0.481 e. The minimum atomic E-state index is -3.22. The summed E-state index contributed by atoms with van der Waals surface area (Å²) in [6, 6.07) is 0. The number of hydrogen-bond acceptors (Lipinski definition) is 5. The number of hydrogen-bond donors (Lipinski definition) is 5. The van der Waals surface area contributed by atoms with Gasteiger partial charge in [-0.25, -0.2) is 9.59 Å². The molecule has 0 aliphatic heterocycles. The van der Waals surface area contributed by atoms with Gasteiger partial charge in [0.05, 0.1) is 6.42 Å². The summed E-state index contributed by atoms with van der Waals surface area (Å²) in [6.07, 6.45) is -4.11. The van der Waals surface area contributed by atoms with E-state index in [1.807, 2.05) is 0 Å². The molecule has 0 saturated heterocycles. The van der Waals surface area contributed by atoms with Crippen molar-refractivity contribution in [1.82, 2.24) is 0 Å². The minimum absolute atomic E-state index is 0. The van der Waals surface area contributed by atoms with Crippen LogP contribution in [0.2, 0.25) is 0 Å². The van der Waals surface area contributed by atoms with Crippen LogP contribution in [0.4, 0.5) is 0 Å². The van der Waals surface area contributed by atoms with Crippen molar-refractivity contribution >= 4 is 17.9 Å². The topological polar surface area (TPSA) is 152 Å². The molecule has 15 heavy (non-hydrogen) atoms. The van der Waals surface area contributed by atoms with E-state index in [0.29, 0.717) is 0 Å². The second-order valence-corrected chi connectivity index (χ2v) is 2.54. The molecule has 0 aromatic carbocycles. The second kappa shape index (κ2) is 6.30. The fourth-order valence-corrected chi connectivity index (χ4v) is 0.724. The molecule has 2 atom stereocenters. The molecule has 0 amide bonds. The van der Waals surface area contributed by atoms with Crippen molar-refractivity contribution in [2.24, 2.45) is 0 Å². The predicted molar refractivity (Wildman–Crippen MR) is 38.5 cm³/mol. The Hall–Kier alpha value is -0.319. The van der Waals surface area contributed by atoms with Crippen LogP contribution in [0.5, 0.6) is 0 Å². The molecule has 9 heteroatoms. The van der Waals surface area contributed by atoms with Gasteiger partial charge in [-0.05, 0) is 0 Å². The molecule has 0 aliphatic carbocycles. The Kier molecular flexibility index (Phi) is 7.18. The van der Waals surface area contributed by atoms with Gasteiger partial charge >= 0.3 is 17.9 Å². The number of carboxylic acids is 3. The zero-order valence-corrected chi connectivity index (χ0v) is 10.5. The van der Waals surface area contributed by atoms with E-state index in [0.717, 1.165) is 0 Å². The van der Waals surface area contributed by atoms with Crippen molar-refractivity contribution in [1.29, 1.82) is 0 Å². The average molecular weight is 352 g/mol. The van der Waals surface area contributed by atoms with Gasteiger partial charge in [0.25, 0.3) is 0 Å². The quantitative estimate of drug-likeness (QED) is 0.371. The van der Waals surface area contributed by atoms with Gasteiger partial charge in [0.2, 0.25) is 5.60 Å². The molecular formula is C6H8NdO8. The molecule has 2 unspecified atom stereocenters. The summed E-state index contributed by atoms with van der Waals surface area (Å²) in [5, 5.41) is 42.6. The maximum atomic E-state index is 10.4. The van der Waals surface area contributed by atoms with E-state index in [-0.39, 0.29) is 40.8 Å². The number of aliphatic carboxylic acids is 3. The molecule has 0 heterocycles. The first-order valence-corrected chi connectivity index (χ1v) is 3.30. The van der Waals surface area contributed by atoms with Gasteiger partial charge in [-0.1, -0.05) is 0 Å². The fourth-order valence-electron chi connectivity index (χ4n) is 0.724. The zero-order chi connectivity index (χ0) is 11.5. The molecule has 84 valence electrons. The predicted octanol–water partition coefficient (Wildman–Crippen LogP) is -2.28. The first kappa shape index (κ1) is 17.1. The molecule has 0 bridgehead atoms. The maximum Gasteiger partial charge on any atom is 0.339 e. The summed E-state index contributed by atoms with van der Waals surface area (Å²) in [6.45, 7) is 0. The molecule has 0 aromatic rings. The van der Waals surface area contributed by atoms with E-state index in [9.17, 15) is 14.4 Å². The molecule has 0 saturated carbocycles. The third-order valence-corrected chi connectivity index (χ3v) is 1.48. The van der Waals surface area contributed by atoms with Crippen LogP contribution in [0.25, 0.3) is 0 Å². The average Bonchev–Trinajstić information content (AvgIpc) is 2.00. The van der Waals surface area contributed by atoms with Crippen LogP contribution in [0.3, 0.4) is 0 Å². The van der Waals surface area contributed by atoms with Crippen molar-refractivity contribution in [3.8, 4) is 0 Å². The third-order valence-electron chi connectivity index (χ3n) is 1.48. The SMILES string of the molecule is O=C(O)CC(O)(C(=O)O)C(O)C(=O)O.[Nd]. The second-order valence-electron chi connectivity index (χ2n) is 2.54. The summed E-state index contributed by atoms with van der Waals surface area (Å²) < 4.78 is 0. The van der Waals surface area contributed by atoms with Crippen LogP contribution >= 0.6 is 0 Å². The Morgan fingerprint density at radius 3 is 1.73 bits per heavy atom. The number of aliphatic hydroxyl groups excluding tert-OH is 1. The Labute approximate surface area is 116 Å². The summed E-state index contributed by atoms with van der Waals surface area (Å²) in [7, 11) is 0. The minimum Gasteiger partial charge on any atom is -0.481 e. The Bertz CT molecular complexity index is 276. The van der Waals surface area contributed by atoms with Crippen molar-refractivity contribution in [2.45, 2.75) is 18.1 Å². The van der Waals surface area contributed by atoms with Gasteiger partial charge in [0.1, 0.15) is 0 Å². The Morgan fingerprint density at radius 1 is 1.13 bits per heavy atom. The molecule has 0 aliphatic rings. The smallest absolute Gasteiger partial charge is 0.339 e. The number of carbonyl (C=O) groups is 3. The summed E-state index contributed by atoms with van der Waals surface area (Å²) in [4.78, 5) is 30.7. The fraction of sp³-hybridized carbons (Fsp3) is 0.500. The normalized spacial score (nSPS) is 15.6. The van der Waals surface area contributed by atoms with Gasteiger partial charge in [-0.15, -0.1) is 0 Å². The summed E-state index contributed by atoms with van der Waals surface area (Å²) in [5.41, 5.74) is -3.22. The molecular weight excluding hydrogens is 344 g/mol. The molecule has 0 radical (unpaired) electrons. The van der Waals surface area contributed by atoms with Crippen LogP contribution < -0.4 is 0 Å². The summed E-state index contributed by atoms with van der Waals surface area (Å²) >= 11 is 0. The van der Waals surface area contributed by atoms with E-state index in [4.69, 9.17) is 25.5 Å². The van der Waals surface area contributed by atoms with E-state index >= 15 is 0 Å². The van der Waals surface area contributed by atoms with E-state index in [1.54, 1.807) is 0 Å². The van der Waals surface area contributed by atoms with Crippen LogP contribution in [0.1, 0.15) is 6.42 Å². The van der Waals surface area contributed by atoms with E-state index in [1.165, 1.54) is 0 Å². The van der Waals surface area contributed by atoms with Crippen molar-refractivity contribution < 1.29 is 80.8 Å². The van der Waals surface area contributed by atoms with Gasteiger partial charge < -0.3 is 25.5 Å². The van der Waals surface area contributed by atoms with Crippen molar-refractivity contribution in [3.05, 3.63) is 0 Å². The van der Waals surface area contributed by atoms with E-state index in [2.05, 4.69) is 0 Å². The Balaban J connectivity index is 0. The molecule has 0 spiro atoms. The monoisotopic (exact) mass is 350 g/mol. The van der Waals surface area contributed by atoms with E-state index < -0.39 is 36.0 Å². The number of carboxylic acid groups (broad SMARTS) is 3.